The Morgan fingerprint density at radius 1 is 1.59 bits per heavy atom. The van der Waals surface area contributed by atoms with Gasteiger partial charge in [0.2, 0.25) is 0 Å². The molecule has 1 aromatic heterocycles. The van der Waals surface area contributed by atoms with E-state index in [1.807, 2.05) is 0 Å². The Hall–Kier alpha value is -0.640. The number of sulfonamides is 1. The summed E-state index contributed by atoms with van der Waals surface area (Å²) in [4.78, 5) is 3.77. The molecule has 0 amide bonds. The Bertz CT molecular complexity index is 461. The lowest BCUT2D eigenvalue weighted by molar-refractivity contribution is 0.113. The van der Waals surface area contributed by atoms with Gasteiger partial charge in [-0.05, 0) is 6.92 Å². The topological polar surface area (TPSA) is 70.5 Å². The molecular formula is C8H12F2N2O3S2. The molecule has 0 spiro atoms. The lowest BCUT2D eigenvalue weighted by Gasteiger charge is -2.19. The predicted octanol–water partition coefficient (Wildman–Crippen LogP) is 0.700. The number of nitrogens with zero attached hydrogens (tertiary/aromatic N) is 2. The van der Waals surface area contributed by atoms with Crippen molar-refractivity contribution < 1.29 is 22.3 Å². The van der Waals surface area contributed by atoms with Gasteiger partial charge in [-0.2, -0.15) is 4.31 Å². The van der Waals surface area contributed by atoms with E-state index in [0.29, 0.717) is 9.31 Å². The quantitative estimate of drug-likeness (QED) is 0.835. The van der Waals surface area contributed by atoms with Gasteiger partial charge in [-0.25, -0.2) is 22.2 Å². The fourth-order valence-electron chi connectivity index (χ4n) is 1.16. The van der Waals surface area contributed by atoms with Crippen molar-refractivity contribution in [2.45, 2.75) is 17.6 Å². The lowest BCUT2D eigenvalue weighted by Crippen LogP contribution is -2.36. The summed E-state index contributed by atoms with van der Waals surface area (Å²) >= 11 is 0.909. The van der Waals surface area contributed by atoms with E-state index < -0.39 is 29.6 Å². The van der Waals surface area contributed by atoms with E-state index in [-0.39, 0.29) is 10.8 Å². The van der Waals surface area contributed by atoms with Crippen LogP contribution in [-0.4, -0.2) is 48.9 Å². The Kier molecular flexibility index (Phi) is 4.92. The normalized spacial score (nSPS) is 12.6. The average Bonchev–Trinajstić information content (AvgIpc) is 2.64. The van der Waals surface area contributed by atoms with Crippen molar-refractivity contribution >= 4 is 21.4 Å². The third kappa shape index (κ3) is 3.66. The van der Waals surface area contributed by atoms with E-state index in [4.69, 9.17) is 5.11 Å². The number of aryl methyl sites for hydroxylation is 1. The van der Waals surface area contributed by atoms with Crippen LogP contribution >= 0.6 is 11.3 Å². The molecule has 1 rings (SSSR count). The van der Waals surface area contributed by atoms with Crippen molar-refractivity contribution in [2.75, 3.05) is 19.7 Å². The Morgan fingerprint density at radius 3 is 2.65 bits per heavy atom. The van der Waals surface area contributed by atoms with Gasteiger partial charge < -0.3 is 5.11 Å². The molecule has 0 saturated carbocycles. The number of thiazole rings is 1. The molecule has 0 unspecified atom stereocenters. The summed E-state index contributed by atoms with van der Waals surface area (Å²) in [5.41, 5.74) is 0. The second-order valence-electron chi connectivity index (χ2n) is 3.18. The molecule has 0 aliphatic heterocycles. The molecule has 0 radical (unpaired) electrons. The minimum absolute atomic E-state index is 0.0934. The second kappa shape index (κ2) is 5.80. The number of aromatic nitrogens is 1. The summed E-state index contributed by atoms with van der Waals surface area (Å²) in [6.07, 6.45) is -1.66. The number of rotatable bonds is 6. The van der Waals surface area contributed by atoms with Gasteiger partial charge in [0.1, 0.15) is 0 Å². The first-order valence-corrected chi connectivity index (χ1v) is 6.95. The standard InChI is InChI=1S/C8H12F2N2O3S2/c1-6-11-4-8(16-6)17(14,15)12(2-3-13)5-7(9)10/h4,7,13H,2-3,5H2,1H3. The van der Waals surface area contributed by atoms with E-state index >= 15 is 0 Å². The van der Waals surface area contributed by atoms with Crippen molar-refractivity contribution in [1.82, 2.24) is 9.29 Å². The van der Waals surface area contributed by atoms with Gasteiger partial charge in [0.25, 0.3) is 16.4 Å². The number of alkyl halides is 2. The van der Waals surface area contributed by atoms with Crippen molar-refractivity contribution in [2.24, 2.45) is 0 Å². The summed E-state index contributed by atoms with van der Waals surface area (Å²) in [7, 11) is -3.99. The van der Waals surface area contributed by atoms with Crippen LogP contribution in [0, 0.1) is 6.92 Å². The molecule has 5 nitrogen and oxygen atoms in total. The van der Waals surface area contributed by atoms with Crippen LogP contribution in [0.2, 0.25) is 0 Å². The number of hydrogen-bond acceptors (Lipinski definition) is 5. The van der Waals surface area contributed by atoms with E-state index in [1.165, 1.54) is 0 Å². The summed E-state index contributed by atoms with van der Waals surface area (Å²) in [5, 5.41) is 9.23. The SMILES string of the molecule is Cc1ncc(S(=O)(=O)N(CCO)CC(F)F)s1. The van der Waals surface area contributed by atoms with Gasteiger partial charge in [-0.1, -0.05) is 0 Å². The fraction of sp³-hybridized carbons (Fsp3) is 0.625. The number of aliphatic hydroxyl groups excluding tert-OH is 1. The molecule has 0 aromatic carbocycles. The maximum atomic E-state index is 12.3. The third-order valence-electron chi connectivity index (χ3n) is 1.89. The molecule has 17 heavy (non-hydrogen) atoms. The zero-order chi connectivity index (χ0) is 13.1. The largest absolute Gasteiger partial charge is 0.395 e. The molecule has 98 valence electrons. The molecule has 0 bridgehead atoms. The first kappa shape index (κ1) is 14.4. The van der Waals surface area contributed by atoms with Crippen LogP contribution in [-0.2, 0) is 10.0 Å². The Balaban J connectivity index is 2.99. The highest BCUT2D eigenvalue weighted by Gasteiger charge is 2.28. The van der Waals surface area contributed by atoms with Gasteiger partial charge in [0.05, 0.1) is 24.4 Å². The molecule has 9 heteroatoms. The third-order valence-corrected chi connectivity index (χ3v) is 5.10. The molecule has 1 aromatic rings. The highest BCUT2D eigenvalue weighted by atomic mass is 32.2. The minimum atomic E-state index is -3.99. The Labute approximate surface area is 102 Å². The van der Waals surface area contributed by atoms with Gasteiger partial charge in [-0.3, -0.25) is 0 Å². The van der Waals surface area contributed by atoms with Crippen molar-refractivity contribution in [1.29, 1.82) is 0 Å². The van der Waals surface area contributed by atoms with Gasteiger partial charge >= 0.3 is 0 Å². The molecule has 1 N–H and O–H groups in total. The minimum Gasteiger partial charge on any atom is -0.395 e. The van der Waals surface area contributed by atoms with Crippen LogP contribution in [0.1, 0.15) is 5.01 Å². The lowest BCUT2D eigenvalue weighted by atomic mass is 10.6. The van der Waals surface area contributed by atoms with Crippen LogP contribution in [0.25, 0.3) is 0 Å². The highest BCUT2D eigenvalue weighted by Crippen LogP contribution is 2.22. The van der Waals surface area contributed by atoms with Crippen molar-refractivity contribution in [3.8, 4) is 0 Å². The van der Waals surface area contributed by atoms with Crippen LogP contribution in [0.15, 0.2) is 10.4 Å². The smallest absolute Gasteiger partial charge is 0.254 e. The summed E-state index contributed by atoms with van der Waals surface area (Å²) in [6.45, 7) is -0.180. The van der Waals surface area contributed by atoms with Crippen LogP contribution in [0.4, 0.5) is 8.78 Å². The van der Waals surface area contributed by atoms with E-state index in [9.17, 15) is 17.2 Å². The first-order chi connectivity index (χ1) is 7.87. The first-order valence-electron chi connectivity index (χ1n) is 4.69. The van der Waals surface area contributed by atoms with Gasteiger partial charge in [-0.15, -0.1) is 11.3 Å². The van der Waals surface area contributed by atoms with E-state index in [1.54, 1.807) is 6.92 Å². The molecule has 0 saturated heterocycles. The van der Waals surface area contributed by atoms with Crippen molar-refractivity contribution in [3.63, 3.8) is 0 Å². The summed E-state index contributed by atoms with van der Waals surface area (Å²) in [5.74, 6) is 0. The molecule has 0 atom stereocenters. The molecule has 1 heterocycles. The maximum absolute atomic E-state index is 12.3. The molecular weight excluding hydrogens is 274 g/mol. The molecule has 0 fully saturated rings. The maximum Gasteiger partial charge on any atom is 0.254 e. The summed E-state index contributed by atoms with van der Waals surface area (Å²) in [6, 6.07) is 0. The fourth-order valence-corrected chi connectivity index (χ4v) is 3.84. The number of aliphatic hydroxyl groups is 1. The molecule has 0 aliphatic carbocycles. The van der Waals surface area contributed by atoms with Gasteiger partial charge in [0, 0.05) is 6.54 Å². The highest BCUT2D eigenvalue weighted by molar-refractivity contribution is 7.91. The van der Waals surface area contributed by atoms with Crippen LogP contribution < -0.4 is 0 Å². The second-order valence-corrected chi connectivity index (χ2v) is 6.58. The van der Waals surface area contributed by atoms with Crippen LogP contribution in [0.5, 0.6) is 0 Å². The van der Waals surface area contributed by atoms with Crippen molar-refractivity contribution in [3.05, 3.63) is 11.2 Å². The monoisotopic (exact) mass is 286 g/mol. The van der Waals surface area contributed by atoms with E-state index in [0.717, 1.165) is 17.5 Å². The average molecular weight is 286 g/mol. The van der Waals surface area contributed by atoms with E-state index in [2.05, 4.69) is 4.98 Å². The van der Waals surface area contributed by atoms with Crippen LogP contribution in [0.3, 0.4) is 0 Å². The van der Waals surface area contributed by atoms with Gasteiger partial charge in [0.15, 0.2) is 4.21 Å². The molecule has 0 aliphatic rings. The zero-order valence-electron chi connectivity index (χ0n) is 9.01. The number of halogens is 2. The summed E-state index contributed by atoms with van der Waals surface area (Å²) < 4.78 is 48.8. The Morgan fingerprint density at radius 2 is 2.24 bits per heavy atom. The zero-order valence-corrected chi connectivity index (χ0v) is 10.6. The predicted molar refractivity (Wildman–Crippen MR) is 58.7 cm³/mol. The number of hydrogen-bond donors (Lipinski definition) is 1.